The number of aromatic nitrogens is 2. The van der Waals surface area contributed by atoms with E-state index in [0.717, 1.165) is 22.9 Å². The Balaban J connectivity index is 1.82. The van der Waals surface area contributed by atoms with Gasteiger partial charge >= 0.3 is 0 Å². The fraction of sp³-hybridized carbons (Fsp3) is 0.412. The molecule has 108 valence electrons. The van der Waals surface area contributed by atoms with E-state index in [1.807, 2.05) is 6.20 Å². The lowest BCUT2D eigenvalue weighted by molar-refractivity contribution is -0.114. The van der Waals surface area contributed by atoms with Gasteiger partial charge in [-0.25, -0.2) is 0 Å². The smallest absolute Gasteiger partial charge is 0.179 e. The van der Waals surface area contributed by atoms with E-state index in [9.17, 15) is 4.79 Å². The van der Waals surface area contributed by atoms with Gasteiger partial charge in [-0.1, -0.05) is 25.0 Å². The van der Waals surface area contributed by atoms with Crippen LogP contribution >= 0.6 is 0 Å². The van der Waals surface area contributed by atoms with Crippen molar-refractivity contribution in [3.8, 4) is 0 Å². The number of carbonyl (C=O) groups is 1. The minimum Gasteiger partial charge on any atom is -0.396 e. The largest absolute Gasteiger partial charge is 0.396 e. The number of ketones is 1. The van der Waals surface area contributed by atoms with Gasteiger partial charge < -0.3 is 5.73 Å². The summed E-state index contributed by atoms with van der Waals surface area (Å²) < 4.78 is 2.17. The molecular formula is C17H19N3O. The highest BCUT2D eigenvalue weighted by Gasteiger charge is 2.23. The summed E-state index contributed by atoms with van der Waals surface area (Å²) in [7, 11) is 0. The van der Waals surface area contributed by atoms with Gasteiger partial charge in [-0.2, -0.15) is 5.10 Å². The molecule has 1 aromatic heterocycles. The molecule has 0 atom stereocenters. The van der Waals surface area contributed by atoms with Gasteiger partial charge in [0.1, 0.15) is 0 Å². The monoisotopic (exact) mass is 281 g/mol. The summed E-state index contributed by atoms with van der Waals surface area (Å²) in [5.74, 6) is 0.0781. The second-order valence-electron chi connectivity index (χ2n) is 6.12. The van der Waals surface area contributed by atoms with Crippen LogP contribution in [0.25, 0.3) is 16.5 Å². The van der Waals surface area contributed by atoms with Crippen LogP contribution in [0.4, 0.5) is 0 Å². The highest BCUT2D eigenvalue weighted by atomic mass is 16.1. The first-order chi connectivity index (χ1) is 10.2. The molecule has 4 nitrogen and oxygen atoms in total. The second-order valence-corrected chi connectivity index (χ2v) is 6.12. The van der Waals surface area contributed by atoms with E-state index in [1.165, 1.54) is 31.2 Å². The second kappa shape index (κ2) is 4.72. The minimum atomic E-state index is 0.0781. The molecule has 0 spiro atoms. The molecule has 2 N–H and O–H groups in total. The van der Waals surface area contributed by atoms with Crippen LogP contribution in [0.2, 0.25) is 0 Å². The summed E-state index contributed by atoms with van der Waals surface area (Å²) in [5.41, 5.74) is 9.63. The van der Waals surface area contributed by atoms with E-state index in [4.69, 9.17) is 5.73 Å². The van der Waals surface area contributed by atoms with E-state index in [0.29, 0.717) is 18.2 Å². The third kappa shape index (κ3) is 1.97. The zero-order chi connectivity index (χ0) is 14.4. The van der Waals surface area contributed by atoms with Gasteiger partial charge in [0.25, 0.3) is 0 Å². The number of Topliss-reactive ketones (excluding diaryl/α,β-unsaturated/α-hetero) is 1. The molecule has 0 saturated heterocycles. The Morgan fingerprint density at radius 3 is 2.71 bits per heavy atom. The van der Waals surface area contributed by atoms with Crippen LogP contribution < -0.4 is 5.73 Å². The molecule has 1 aromatic carbocycles. The van der Waals surface area contributed by atoms with Crippen LogP contribution in [0, 0.1) is 0 Å². The molecule has 4 heteroatoms. The molecule has 2 aliphatic carbocycles. The highest BCUT2D eigenvalue weighted by molar-refractivity contribution is 6.06. The maximum atomic E-state index is 11.6. The fourth-order valence-electron chi connectivity index (χ4n) is 3.64. The molecule has 21 heavy (non-hydrogen) atoms. The van der Waals surface area contributed by atoms with E-state index in [-0.39, 0.29) is 5.78 Å². The van der Waals surface area contributed by atoms with Crippen molar-refractivity contribution in [1.29, 1.82) is 0 Å². The SMILES string of the molecule is NC1=C(c2ccc3cnn(C4CCCC4)c3c2)CCC1=O. The topological polar surface area (TPSA) is 60.9 Å². The van der Waals surface area contributed by atoms with Crippen molar-refractivity contribution in [2.45, 2.75) is 44.6 Å². The summed E-state index contributed by atoms with van der Waals surface area (Å²) in [6.07, 6.45) is 8.25. The number of nitrogens with zero attached hydrogens (tertiary/aromatic N) is 2. The molecule has 0 aliphatic heterocycles. The fourth-order valence-corrected chi connectivity index (χ4v) is 3.64. The lowest BCUT2D eigenvalue weighted by Crippen LogP contribution is -2.07. The number of nitrogens with two attached hydrogens (primary N) is 1. The molecule has 1 heterocycles. The zero-order valence-corrected chi connectivity index (χ0v) is 12.0. The Bertz CT molecular complexity index is 750. The van der Waals surface area contributed by atoms with Gasteiger partial charge in [-0.3, -0.25) is 9.48 Å². The minimum absolute atomic E-state index is 0.0781. The lowest BCUT2D eigenvalue weighted by Gasteiger charge is -2.12. The first-order valence-electron chi connectivity index (χ1n) is 7.73. The van der Waals surface area contributed by atoms with Gasteiger partial charge in [0.05, 0.1) is 23.5 Å². The Labute approximate surface area is 123 Å². The molecular weight excluding hydrogens is 262 g/mol. The average molecular weight is 281 g/mol. The van der Waals surface area contributed by atoms with Crippen molar-refractivity contribution in [3.63, 3.8) is 0 Å². The standard InChI is InChI=1S/C17H19N3O/c18-17-14(7-8-16(17)21)11-5-6-12-10-19-20(15(12)9-11)13-3-1-2-4-13/h5-6,9-10,13H,1-4,7-8,18H2. The number of hydrogen-bond donors (Lipinski definition) is 1. The number of carbonyl (C=O) groups excluding carboxylic acids is 1. The van der Waals surface area contributed by atoms with Gasteiger partial charge in [0, 0.05) is 11.8 Å². The quantitative estimate of drug-likeness (QED) is 0.919. The highest BCUT2D eigenvalue weighted by Crippen LogP contribution is 2.34. The summed E-state index contributed by atoms with van der Waals surface area (Å²) in [4.78, 5) is 11.6. The van der Waals surface area contributed by atoms with Crippen molar-refractivity contribution in [3.05, 3.63) is 35.7 Å². The number of fused-ring (bicyclic) bond motifs is 1. The van der Waals surface area contributed by atoms with E-state index in [2.05, 4.69) is 28.0 Å². The van der Waals surface area contributed by atoms with Gasteiger partial charge in [0.15, 0.2) is 5.78 Å². The Hall–Kier alpha value is -2.10. The third-order valence-electron chi connectivity index (χ3n) is 4.85. The first kappa shape index (κ1) is 12.6. The third-order valence-corrected chi connectivity index (χ3v) is 4.85. The van der Waals surface area contributed by atoms with Crippen molar-refractivity contribution in [2.24, 2.45) is 5.73 Å². The van der Waals surface area contributed by atoms with Crippen molar-refractivity contribution in [1.82, 2.24) is 9.78 Å². The van der Waals surface area contributed by atoms with Crippen molar-refractivity contribution in [2.75, 3.05) is 0 Å². The summed E-state index contributed by atoms with van der Waals surface area (Å²) in [5, 5.41) is 5.74. The molecule has 4 rings (SSSR count). The molecule has 0 unspecified atom stereocenters. The van der Waals surface area contributed by atoms with Crippen LogP contribution in [0.15, 0.2) is 30.1 Å². The maximum absolute atomic E-state index is 11.6. The zero-order valence-electron chi connectivity index (χ0n) is 12.0. The Kier molecular flexibility index (Phi) is 2.84. The molecule has 0 radical (unpaired) electrons. The van der Waals surface area contributed by atoms with Crippen molar-refractivity contribution < 1.29 is 4.79 Å². The maximum Gasteiger partial charge on any atom is 0.179 e. The Morgan fingerprint density at radius 2 is 2.00 bits per heavy atom. The molecule has 1 fully saturated rings. The van der Waals surface area contributed by atoms with Crippen LogP contribution in [0.1, 0.15) is 50.1 Å². The van der Waals surface area contributed by atoms with E-state index in [1.54, 1.807) is 0 Å². The van der Waals surface area contributed by atoms with E-state index < -0.39 is 0 Å². The average Bonchev–Trinajstić information content (AvgIpc) is 3.20. The number of rotatable bonds is 2. The van der Waals surface area contributed by atoms with Crippen LogP contribution in [-0.4, -0.2) is 15.6 Å². The van der Waals surface area contributed by atoms with Crippen molar-refractivity contribution >= 4 is 22.3 Å². The molecule has 1 saturated carbocycles. The van der Waals surface area contributed by atoms with Crippen LogP contribution in [0.3, 0.4) is 0 Å². The van der Waals surface area contributed by atoms with Gasteiger partial charge in [0.2, 0.25) is 0 Å². The first-order valence-corrected chi connectivity index (χ1v) is 7.73. The normalized spacial score (nSPS) is 20.1. The predicted molar refractivity (Wildman–Crippen MR) is 82.6 cm³/mol. The summed E-state index contributed by atoms with van der Waals surface area (Å²) in [6, 6.07) is 6.83. The predicted octanol–water partition coefficient (Wildman–Crippen LogP) is 3.18. The molecule has 0 amide bonds. The lowest BCUT2D eigenvalue weighted by atomic mass is 10.0. The van der Waals surface area contributed by atoms with Gasteiger partial charge in [-0.05, 0) is 36.5 Å². The van der Waals surface area contributed by atoms with E-state index >= 15 is 0 Å². The number of allylic oxidation sites excluding steroid dienone is 2. The van der Waals surface area contributed by atoms with Crippen LogP contribution in [0.5, 0.6) is 0 Å². The summed E-state index contributed by atoms with van der Waals surface area (Å²) in [6.45, 7) is 0. The van der Waals surface area contributed by atoms with Gasteiger partial charge in [-0.15, -0.1) is 0 Å². The summed E-state index contributed by atoms with van der Waals surface area (Å²) >= 11 is 0. The molecule has 2 aliphatic rings. The Morgan fingerprint density at radius 1 is 1.19 bits per heavy atom. The molecule has 0 bridgehead atoms. The van der Waals surface area contributed by atoms with Crippen LogP contribution in [-0.2, 0) is 4.79 Å². The molecule has 2 aromatic rings. The number of hydrogen-bond acceptors (Lipinski definition) is 3. The number of benzene rings is 1.